The first-order chi connectivity index (χ1) is 10.1. The molecule has 0 aliphatic rings. The van der Waals surface area contributed by atoms with Gasteiger partial charge in [0.15, 0.2) is 0 Å². The maximum absolute atomic E-state index is 12.5. The summed E-state index contributed by atoms with van der Waals surface area (Å²) in [6.45, 7) is 10.2. The van der Waals surface area contributed by atoms with Crippen LogP contribution in [0, 0.1) is 13.8 Å². The third-order valence-electron chi connectivity index (χ3n) is 3.68. The lowest BCUT2D eigenvalue weighted by Crippen LogP contribution is -2.16. The van der Waals surface area contributed by atoms with Gasteiger partial charge in [-0.3, -0.25) is 4.72 Å². The Morgan fingerprint density at radius 1 is 0.909 bits per heavy atom. The molecule has 2 aromatic carbocycles. The molecule has 0 heterocycles. The van der Waals surface area contributed by atoms with Gasteiger partial charge in [0.2, 0.25) is 0 Å². The molecular formula is C18H23NO2S. The van der Waals surface area contributed by atoms with Gasteiger partial charge in [-0.05, 0) is 48.6 Å². The number of hydrogen-bond acceptors (Lipinski definition) is 2. The minimum absolute atomic E-state index is 0.0300. The Morgan fingerprint density at radius 2 is 1.50 bits per heavy atom. The molecule has 0 aromatic heterocycles. The predicted molar refractivity (Wildman–Crippen MR) is 91.9 cm³/mol. The average molecular weight is 317 g/mol. The predicted octanol–water partition coefficient (Wildman–Crippen LogP) is 4.40. The summed E-state index contributed by atoms with van der Waals surface area (Å²) in [5, 5.41) is 0. The van der Waals surface area contributed by atoms with Crippen LogP contribution in [0.25, 0.3) is 0 Å². The van der Waals surface area contributed by atoms with E-state index in [2.05, 4.69) is 25.5 Å². The van der Waals surface area contributed by atoms with Crippen LogP contribution in [0.4, 0.5) is 5.69 Å². The monoisotopic (exact) mass is 317 g/mol. The molecular weight excluding hydrogens is 294 g/mol. The molecule has 0 atom stereocenters. The molecule has 0 aliphatic heterocycles. The van der Waals surface area contributed by atoms with E-state index < -0.39 is 10.0 Å². The van der Waals surface area contributed by atoms with Gasteiger partial charge in [-0.25, -0.2) is 8.42 Å². The molecule has 0 saturated carbocycles. The zero-order valence-corrected chi connectivity index (χ0v) is 14.6. The van der Waals surface area contributed by atoms with Crippen molar-refractivity contribution < 1.29 is 8.42 Å². The highest BCUT2D eigenvalue weighted by Crippen LogP contribution is 2.28. The first-order valence-electron chi connectivity index (χ1n) is 7.30. The number of nitrogens with one attached hydrogen (secondary N) is 1. The van der Waals surface area contributed by atoms with Crippen LogP contribution in [0.1, 0.15) is 37.5 Å². The van der Waals surface area contributed by atoms with Crippen molar-refractivity contribution in [3.8, 4) is 0 Å². The highest BCUT2D eigenvalue weighted by Gasteiger charge is 2.18. The fourth-order valence-corrected chi connectivity index (χ4v) is 3.24. The lowest BCUT2D eigenvalue weighted by Gasteiger charge is -2.21. The summed E-state index contributed by atoms with van der Waals surface area (Å²) in [5.74, 6) is 0. The third-order valence-corrected chi connectivity index (χ3v) is 5.06. The number of sulfonamides is 1. The van der Waals surface area contributed by atoms with Gasteiger partial charge in [0.25, 0.3) is 10.0 Å². The van der Waals surface area contributed by atoms with Crippen LogP contribution >= 0.6 is 0 Å². The standard InChI is InChI=1S/C18H23NO2S/c1-13-6-10-16(11-7-13)22(20,21)19-17-12-15(18(3,4)5)9-8-14(17)2/h6-12,19H,1-5H3. The zero-order chi connectivity index (χ0) is 16.5. The molecule has 0 amide bonds. The fourth-order valence-electron chi connectivity index (χ4n) is 2.12. The van der Waals surface area contributed by atoms with Crippen LogP contribution < -0.4 is 4.72 Å². The molecule has 22 heavy (non-hydrogen) atoms. The summed E-state index contributed by atoms with van der Waals surface area (Å²) < 4.78 is 27.7. The Bertz CT molecular complexity index is 770. The highest BCUT2D eigenvalue weighted by molar-refractivity contribution is 7.92. The summed E-state index contributed by atoms with van der Waals surface area (Å²) in [4.78, 5) is 0.277. The molecule has 0 aliphatic carbocycles. The second kappa shape index (κ2) is 5.76. The lowest BCUT2D eigenvalue weighted by molar-refractivity contribution is 0.589. The number of aryl methyl sites for hydroxylation is 2. The molecule has 118 valence electrons. The van der Waals surface area contributed by atoms with Crippen molar-refractivity contribution in [1.29, 1.82) is 0 Å². The Labute approximate surface area is 133 Å². The van der Waals surface area contributed by atoms with Crippen molar-refractivity contribution >= 4 is 15.7 Å². The average Bonchev–Trinajstić information content (AvgIpc) is 2.40. The SMILES string of the molecule is Cc1ccc(S(=O)(=O)Nc2cc(C(C)(C)C)ccc2C)cc1. The first kappa shape index (κ1) is 16.6. The Hall–Kier alpha value is -1.81. The van der Waals surface area contributed by atoms with E-state index in [0.717, 1.165) is 16.7 Å². The summed E-state index contributed by atoms with van der Waals surface area (Å²) in [7, 11) is -3.56. The van der Waals surface area contributed by atoms with Crippen LogP contribution in [0.3, 0.4) is 0 Å². The second-order valence-corrected chi connectivity index (χ2v) is 8.38. The molecule has 4 heteroatoms. The Balaban J connectivity index is 2.39. The van der Waals surface area contributed by atoms with E-state index >= 15 is 0 Å². The minimum atomic E-state index is -3.56. The van der Waals surface area contributed by atoms with Gasteiger partial charge in [0.1, 0.15) is 0 Å². The number of benzene rings is 2. The molecule has 3 nitrogen and oxygen atoms in total. The summed E-state index contributed by atoms with van der Waals surface area (Å²) in [5.41, 5.74) is 3.64. The van der Waals surface area contributed by atoms with Gasteiger partial charge >= 0.3 is 0 Å². The molecule has 2 aromatic rings. The van der Waals surface area contributed by atoms with Crippen molar-refractivity contribution in [2.75, 3.05) is 4.72 Å². The largest absolute Gasteiger partial charge is 0.279 e. The number of anilines is 1. The van der Waals surface area contributed by atoms with Gasteiger partial charge in [0.05, 0.1) is 10.6 Å². The molecule has 2 rings (SSSR count). The van der Waals surface area contributed by atoms with E-state index in [4.69, 9.17) is 0 Å². The lowest BCUT2D eigenvalue weighted by atomic mass is 9.86. The van der Waals surface area contributed by atoms with E-state index in [1.54, 1.807) is 24.3 Å². The molecule has 0 spiro atoms. The smallest absolute Gasteiger partial charge is 0.261 e. The van der Waals surface area contributed by atoms with E-state index in [9.17, 15) is 8.42 Å². The van der Waals surface area contributed by atoms with Crippen molar-refractivity contribution in [2.45, 2.75) is 44.9 Å². The topological polar surface area (TPSA) is 46.2 Å². The highest BCUT2D eigenvalue weighted by atomic mass is 32.2. The van der Waals surface area contributed by atoms with Crippen molar-refractivity contribution in [3.05, 3.63) is 59.2 Å². The molecule has 0 saturated heterocycles. The van der Waals surface area contributed by atoms with Crippen molar-refractivity contribution in [2.24, 2.45) is 0 Å². The number of rotatable bonds is 3. The molecule has 0 bridgehead atoms. The van der Waals surface area contributed by atoms with Crippen LogP contribution in [0.15, 0.2) is 47.4 Å². The van der Waals surface area contributed by atoms with Crippen LogP contribution in [0.5, 0.6) is 0 Å². The van der Waals surface area contributed by atoms with E-state index in [-0.39, 0.29) is 10.3 Å². The van der Waals surface area contributed by atoms with Gasteiger partial charge < -0.3 is 0 Å². The van der Waals surface area contributed by atoms with Gasteiger partial charge in [0, 0.05) is 0 Å². The maximum atomic E-state index is 12.5. The second-order valence-electron chi connectivity index (χ2n) is 6.70. The summed E-state index contributed by atoms with van der Waals surface area (Å²) in [6, 6.07) is 12.8. The van der Waals surface area contributed by atoms with Crippen LogP contribution in [0.2, 0.25) is 0 Å². The third kappa shape index (κ3) is 3.69. The summed E-state index contributed by atoms with van der Waals surface area (Å²) in [6.07, 6.45) is 0. The molecule has 0 radical (unpaired) electrons. The normalized spacial score (nSPS) is 12.2. The molecule has 0 unspecified atom stereocenters. The fraction of sp³-hybridized carbons (Fsp3) is 0.333. The van der Waals surface area contributed by atoms with Gasteiger partial charge in [-0.15, -0.1) is 0 Å². The molecule has 1 N–H and O–H groups in total. The number of hydrogen-bond donors (Lipinski definition) is 1. The Kier molecular flexibility index (Phi) is 4.34. The Morgan fingerprint density at radius 3 is 2.05 bits per heavy atom. The maximum Gasteiger partial charge on any atom is 0.261 e. The minimum Gasteiger partial charge on any atom is -0.279 e. The first-order valence-corrected chi connectivity index (χ1v) is 8.78. The van der Waals surface area contributed by atoms with Crippen molar-refractivity contribution in [1.82, 2.24) is 0 Å². The quantitative estimate of drug-likeness (QED) is 0.912. The zero-order valence-electron chi connectivity index (χ0n) is 13.8. The van der Waals surface area contributed by atoms with Crippen molar-refractivity contribution in [3.63, 3.8) is 0 Å². The van der Waals surface area contributed by atoms with Gasteiger partial charge in [-0.2, -0.15) is 0 Å². The van der Waals surface area contributed by atoms with Crippen LogP contribution in [-0.4, -0.2) is 8.42 Å². The summed E-state index contributed by atoms with van der Waals surface area (Å²) >= 11 is 0. The molecule has 0 fully saturated rings. The van der Waals surface area contributed by atoms with E-state index in [0.29, 0.717) is 5.69 Å². The van der Waals surface area contributed by atoms with E-state index in [1.165, 1.54) is 0 Å². The van der Waals surface area contributed by atoms with Gasteiger partial charge in [-0.1, -0.05) is 50.6 Å². The van der Waals surface area contributed by atoms with E-state index in [1.807, 2.05) is 32.0 Å². The van der Waals surface area contributed by atoms with Crippen LogP contribution in [-0.2, 0) is 15.4 Å².